The van der Waals surface area contributed by atoms with Gasteiger partial charge in [0.15, 0.2) is 6.61 Å². The molecule has 200 valence electrons. The average molecular weight is 651 g/mol. The van der Waals surface area contributed by atoms with Gasteiger partial charge in [0.1, 0.15) is 5.82 Å². The Morgan fingerprint density at radius 2 is 2.03 bits per heavy atom. The third-order valence-corrected chi connectivity index (χ3v) is 7.24. The van der Waals surface area contributed by atoms with Crippen LogP contribution in [0, 0.1) is 10.1 Å². The first kappa shape index (κ1) is 27.9. The number of carbonyl (C=O) groups is 1. The molecule has 0 spiro atoms. The van der Waals surface area contributed by atoms with Crippen molar-refractivity contribution < 1.29 is 19.2 Å². The van der Waals surface area contributed by atoms with E-state index in [1.807, 2.05) is 19.9 Å². The zero-order valence-corrected chi connectivity index (χ0v) is 23.9. The quantitative estimate of drug-likeness (QED) is 0.200. The van der Waals surface area contributed by atoms with Crippen molar-refractivity contribution in [1.82, 2.24) is 14.6 Å². The number of rotatable bonds is 8. The molecular weight excluding hydrogens is 626 g/mol. The normalized spacial score (nSPS) is 14.7. The molecule has 38 heavy (non-hydrogen) atoms. The largest absolute Gasteiger partial charge is 0.476 e. The highest BCUT2D eigenvalue weighted by Crippen LogP contribution is 2.36. The lowest BCUT2D eigenvalue weighted by molar-refractivity contribution is -0.385. The molecule has 0 aliphatic carbocycles. The number of hydrogen-bond acceptors (Lipinski definition) is 8. The Labute approximate surface area is 234 Å². The van der Waals surface area contributed by atoms with Crippen molar-refractivity contribution in [3.8, 4) is 5.75 Å². The number of hydrogen-bond donors (Lipinski definition) is 0. The SMILES string of the molecule is CC[C@H](C)c1nc2ccc(Br)cc2c(=O)n1N=Cc1cc(Br)c(OCC(=O)N2CCOCC2)c([N+](=O)[O-])c1. The molecule has 1 amide bonds. The maximum atomic E-state index is 13.3. The highest BCUT2D eigenvalue weighted by Gasteiger charge is 2.24. The Bertz CT molecular complexity index is 1470. The molecule has 0 N–H and O–H groups in total. The molecule has 1 atom stereocenters. The minimum absolute atomic E-state index is 0.0613. The van der Waals surface area contributed by atoms with Crippen molar-refractivity contribution in [1.29, 1.82) is 0 Å². The fourth-order valence-electron chi connectivity index (χ4n) is 3.89. The van der Waals surface area contributed by atoms with E-state index in [1.54, 1.807) is 23.1 Å². The van der Waals surface area contributed by atoms with Crippen LogP contribution in [0.15, 0.2) is 49.2 Å². The monoisotopic (exact) mass is 649 g/mol. The summed E-state index contributed by atoms with van der Waals surface area (Å²) in [7, 11) is 0. The van der Waals surface area contributed by atoms with E-state index in [9.17, 15) is 19.7 Å². The molecule has 0 bridgehead atoms. The molecule has 1 fully saturated rings. The summed E-state index contributed by atoms with van der Waals surface area (Å²) < 4.78 is 13.1. The number of benzene rings is 2. The zero-order chi connectivity index (χ0) is 27.4. The Kier molecular flexibility index (Phi) is 8.90. The second-order valence-electron chi connectivity index (χ2n) is 8.69. The van der Waals surface area contributed by atoms with Gasteiger partial charge in [0.05, 0.1) is 39.7 Å². The van der Waals surface area contributed by atoms with Gasteiger partial charge < -0.3 is 14.4 Å². The van der Waals surface area contributed by atoms with Crippen molar-refractivity contribution in [2.24, 2.45) is 5.10 Å². The molecular formula is C25H25Br2N5O6. The summed E-state index contributed by atoms with van der Waals surface area (Å²) in [5.41, 5.74) is 0.224. The Balaban J connectivity index is 1.67. The van der Waals surface area contributed by atoms with Gasteiger partial charge in [-0.2, -0.15) is 9.78 Å². The molecule has 2 heterocycles. The van der Waals surface area contributed by atoms with Crippen molar-refractivity contribution in [3.05, 3.63) is 71.1 Å². The summed E-state index contributed by atoms with van der Waals surface area (Å²) in [6.07, 6.45) is 2.09. The number of nitrogens with zero attached hydrogens (tertiary/aromatic N) is 5. The lowest BCUT2D eigenvalue weighted by Gasteiger charge is -2.26. The number of carbonyl (C=O) groups excluding carboxylic acids is 1. The number of amides is 1. The van der Waals surface area contributed by atoms with E-state index in [2.05, 4.69) is 41.9 Å². The van der Waals surface area contributed by atoms with E-state index in [-0.39, 0.29) is 39.9 Å². The number of halogens is 2. The topological polar surface area (TPSA) is 129 Å². The summed E-state index contributed by atoms with van der Waals surface area (Å²) in [6.45, 7) is 5.35. The molecule has 0 saturated carbocycles. The standard InChI is InChI=1S/C25H25Br2N5O6/c1-3-15(2)24-29-20-5-4-17(26)12-18(20)25(34)31(24)28-13-16-10-19(27)23(21(11-16)32(35)36)38-14-22(33)30-6-8-37-9-7-30/h4-5,10-13,15H,3,6-9,14H2,1-2H3/t15-/m0/s1. The van der Waals surface area contributed by atoms with Crippen LogP contribution < -0.4 is 10.3 Å². The molecule has 1 aliphatic heterocycles. The summed E-state index contributed by atoms with van der Waals surface area (Å²) >= 11 is 6.70. The molecule has 0 radical (unpaired) electrons. The number of fused-ring (bicyclic) bond motifs is 1. The first-order valence-electron chi connectivity index (χ1n) is 11.9. The molecule has 13 heteroatoms. The van der Waals surface area contributed by atoms with Gasteiger partial charge >= 0.3 is 5.69 Å². The molecule has 11 nitrogen and oxygen atoms in total. The lowest BCUT2D eigenvalue weighted by Crippen LogP contribution is -2.43. The van der Waals surface area contributed by atoms with Crippen molar-refractivity contribution in [2.75, 3.05) is 32.9 Å². The third kappa shape index (κ3) is 6.11. The van der Waals surface area contributed by atoms with E-state index in [0.29, 0.717) is 48.6 Å². The molecule has 1 saturated heterocycles. The average Bonchev–Trinajstić information content (AvgIpc) is 2.91. The summed E-state index contributed by atoms with van der Waals surface area (Å²) in [4.78, 5) is 43.3. The van der Waals surface area contributed by atoms with E-state index in [1.165, 1.54) is 17.0 Å². The predicted molar refractivity (Wildman–Crippen MR) is 149 cm³/mol. The highest BCUT2D eigenvalue weighted by molar-refractivity contribution is 9.10. The van der Waals surface area contributed by atoms with Crippen LogP contribution in [0.4, 0.5) is 5.69 Å². The summed E-state index contributed by atoms with van der Waals surface area (Å²) in [6, 6.07) is 8.12. The van der Waals surface area contributed by atoms with Crippen LogP contribution in [0.2, 0.25) is 0 Å². The highest BCUT2D eigenvalue weighted by atomic mass is 79.9. The van der Waals surface area contributed by atoms with Crippen LogP contribution in [-0.4, -0.2) is 64.5 Å². The maximum absolute atomic E-state index is 13.3. The van der Waals surface area contributed by atoms with Gasteiger partial charge in [-0.3, -0.25) is 19.7 Å². The second kappa shape index (κ2) is 12.1. The second-order valence-corrected chi connectivity index (χ2v) is 10.5. The van der Waals surface area contributed by atoms with Crippen LogP contribution >= 0.6 is 31.9 Å². The van der Waals surface area contributed by atoms with Gasteiger partial charge in [-0.1, -0.05) is 29.8 Å². The fourth-order valence-corrected chi connectivity index (χ4v) is 4.84. The van der Waals surface area contributed by atoms with Crippen molar-refractivity contribution in [2.45, 2.75) is 26.2 Å². The van der Waals surface area contributed by atoms with Gasteiger partial charge in [-0.15, -0.1) is 0 Å². The summed E-state index contributed by atoms with van der Waals surface area (Å²) in [5.74, 6) is 0.0726. The fraction of sp³-hybridized carbons (Fsp3) is 0.360. The minimum atomic E-state index is -0.595. The first-order chi connectivity index (χ1) is 18.2. The molecule has 2 aromatic carbocycles. The third-order valence-electron chi connectivity index (χ3n) is 6.16. The molecule has 1 aromatic heterocycles. The van der Waals surface area contributed by atoms with Gasteiger partial charge in [0.2, 0.25) is 5.75 Å². The molecule has 1 aliphatic rings. The van der Waals surface area contributed by atoms with Crippen molar-refractivity contribution in [3.63, 3.8) is 0 Å². The van der Waals surface area contributed by atoms with Crippen LogP contribution in [0.3, 0.4) is 0 Å². The Hall–Kier alpha value is -3.16. The van der Waals surface area contributed by atoms with E-state index in [4.69, 9.17) is 9.47 Å². The number of aromatic nitrogens is 2. The molecule has 0 unspecified atom stereocenters. The van der Waals surface area contributed by atoms with E-state index in [0.717, 1.165) is 10.9 Å². The minimum Gasteiger partial charge on any atom is -0.476 e. The smallest absolute Gasteiger partial charge is 0.312 e. The van der Waals surface area contributed by atoms with Crippen LogP contribution in [-0.2, 0) is 9.53 Å². The number of ether oxygens (including phenoxy) is 2. The van der Waals surface area contributed by atoms with Gasteiger partial charge in [-0.05, 0) is 46.6 Å². The van der Waals surface area contributed by atoms with Gasteiger partial charge in [0.25, 0.3) is 11.5 Å². The van der Waals surface area contributed by atoms with Gasteiger partial charge in [0, 0.05) is 35.1 Å². The first-order valence-corrected chi connectivity index (χ1v) is 13.5. The molecule has 3 aromatic rings. The number of morpholine rings is 1. The predicted octanol–water partition coefficient (Wildman–Crippen LogP) is 4.46. The number of nitro benzene ring substituents is 1. The zero-order valence-electron chi connectivity index (χ0n) is 20.7. The van der Waals surface area contributed by atoms with Crippen molar-refractivity contribution >= 4 is 60.6 Å². The Morgan fingerprint density at radius 3 is 2.71 bits per heavy atom. The summed E-state index contributed by atoms with van der Waals surface area (Å²) in [5, 5.41) is 16.6. The number of nitro groups is 1. The Morgan fingerprint density at radius 1 is 1.29 bits per heavy atom. The van der Waals surface area contributed by atoms with E-state index >= 15 is 0 Å². The lowest BCUT2D eigenvalue weighted by atomic mass is 10.1. The van der Waals surface area contributed by atoms with Gasteiger partial charge in [-0.25, -0.2) is 4.98 Å². The van der Waals surface area contributed by atoms with E-state index < -0.39 is 4.92 Å². The van der Waals surface area contributed by atoms with Crippen LogP contribution in [0.25, 0.3) is 10.9 Å². The van der Waals surface area contributed by atoms with Crippen LogP contribution in [0.5, 0.6) is 5.75 Å². The molecule has 4 rings (SSSR count). The van der Waals surface area contributed by atoms with Crippen LogP contribution in [0.1, 0.15) is 37.6 Å². The maximum Gasteiger partial charge on any atom is 0.312 e.